The molecule has 5 unspecified atom stereocenters. The van der Waals surface area contributed by atoms with Crippen LogP contribution in [0.1, 0.15) is 104 Å². The van der Waals surface area contributed by atoms with Gasteiger partial charge in [-0.05, 0) is 122 Å². The first-order valence-electron chi connectivity index (χ1n) is 17.9. The molecule has 1 heterocycles. The van der Waals surface area contributed by atoms with Crippen LogP contribution in [0.3, 0.4) is 0 Å². The molecule has 4 saturated carbocycles. The highest BCUT2D eigenvalue weighted by atomic mass is 19.4. The molecule has 0 bridgehead atoms. The highest BCUT2D eigenvalue weighted by Crippen LogP contribution is 2.69. The summed E-state index contributed by atoms with van der Waals surface area (Å²) in [6.07, 6.45) is 8.54. The van der Waals surface area contributed by atoms with E-state index in [1.54, 1.807) is 12.1 Å². The van der Waals surface area contributed by atoms with E-state index in [1.165, 1.54) is 57.8 Å². The molecule has 0 spiro atoms. The molecular weight excluding hydrogens is 559 g/mol. The lowest BCUT2D eigenvalue weighted by atomic mass is 9.44. The van der Waals surface area contributed by atoms with E-state index in [2.05, 4.69) is 45.3 Å². The topological polar surface area (TPSA) is 59.3 Å². The minimum Gasteiger partial charge on any atom is -0.360 e. The van der Waals surface area contributed by atoms with Gasteiger partial charge in [-0.3, -0.25) is 5.32 Å². The summed E-state index contributed by atoms with van der Waals surface area (Å²) in [6, 6.07) is 5.83. The fraction of sp³-hybridized carbons (Fsp3) is 0.838. The molecule has 1 saturated heterocycles. The van der Waals surface area contributed by atoms with Crippen LogP contribution in [0, 0.1) is 52.3 Å². The summed E-state index contributed by atoms with van der Waals surface area (Å²) < 4.78 is 45.5. The quantitative estimate of drug-likeness (QED) is 0.265. The molecule has 248 valence electrons. The maximum Gasteiger partial charge on any atom is 0.416 e. The predicted molar refractivity (Wildman–Crippen MR) is 171 cm³/mol. The van der Waals surface area contributed by atoms with E-state index < -0.39 is 11.7 Å². The Balaban J connectivity index is 1.02. The van der Waals surface area contributed by atoms with Crippen molar-refractivity contribution in [2.45, 2.75) is 129 Å². The van der Waals surface area contributed by atoms with Crippen molar-refractivity contribution in [1.29, 1.82) is 0 Å². The van der Waals surface area contributed by atoms with Gasteiger partial charge < -0.3 is 15.8 Å². The molecular formula is C37H58F3N3O. The van der Waals surface area contributed by atoms with Gasteiger partial charge in [-0.25, -0.2) is 0 Å². The van der Waals surface area contributed by atoms with Gasteiger partial charge >= 0.3 is 6.18 Å². The first-order valence-corrected chi connectivity index (χ1v) is 17.9. The molecule has 4 N–H and O–H groups in total. The van der Waals surface area contributed by atoms with Crippen LogP contribution in [0.4, 0.5) is 13.2 Å². The lowest BCUT2D eigenvalue weighted by Crippen LogP contribution is -2.56. The number of fused-ring (bicyclic) bond motifs is 7. The zero-order valence-corrected chi connectivity index (χ0v) is 27.8. The molecule has 7 heteroatoms. The second-order valence-electron chi connectivity index (χ2n) is 16.4. The van der Waals surface area contributed by atoms with Crippen LogP contribution in [0.25, 0.3) is 0 Å². The molecule has 1 aromatic rings. The summed E-state index contributed by atoms with van der Waals surface area (Å²) in [6.45, 7) is 14.1. The van der Waals surface area contributed by atoms with Crippen LogP contribution < -0.4 is 16.4 Å². The number of benzene rings is 1. The average Bonchev–Trinajstić information content (AvgIpc) is 3.47. The summed E-state index contributed by atoms with van der Waals surface area (Å²) >= 11 is 0. The standard InChI is InChI=1S/C37H58F3N3O/c1-6-22(2)20-43-34-23(3)33-32(44-34)19-31-29-12-11-26-18-28(13-15-35(26,4)30(29)14-16-36(31,33)5)42-21-27(41)17-24-7-9-25(10-8-24)37(38,39)40/h7-10,22-23,26-34,42-43H,6,11-21,41H2,1-5H3/t22-,23?,26?,27-,28-,29+,30?,31?,32-,33?,34-,35-,36-/m0/s1. The number of halogens is 3. The Hall–Kier alpha value is -1.15. The highest BCUT2D eigenvalue weighted by molar-refractivity contribution is 5.25. The summed E-state index contributed by atoms with van der Waals surface area (Å²) in [5.41, 5.74) is 7.54. The Bertz CT molecular complexity index is 1130. The molecule has 13 atom stereocenters. The largest absolute Gasteiger partial charge is 0.416 e. The van der Waals surface area contributed by atoms with Crippen molar-refractivity contribution in [3.8, 4) is 0 Å². The van der Waals surface area contributed by atoms with Gasteiger partial charge in [-0.1, -0.05) is 53.2 Å². The maximum atomic E-state index is 12.9. The van der Waals surface area contributed by atoms with Gasteiger partial charge in [0.05, 0.1) is 11.7 Å². The van der Waals surface area contributed by atoms with Gasteiger partial charge in [0.2, 0.25) is 0 Å². The number of nitrogens with two attached hydrogens (primary N) is 1. The van der Waals surface area contributed by atoms with Gasteiger partial charge in [0.15, 0.2) is 0 Å². The zero-order valence-electron chi connectivity index (χ0n) is 27.8. The minimum absolute atomic E-state index is 0.108. The monoisotopic (exact) mass is 617 g/mol. The highest BCUT2D eigenvalue weighted by Gasteiger charge is 2.65. The lowest BCUT2D eigenvalue weighted by molar-refractivity contribution is -0.137. The summed E-state index contributed by atoms with van der Waals surface area (Å²) in [7, 11) is 0. The number of hydrogen-bond donors (Lipinski definition) is 3. The van der Waals surface area contributed by atoms with E-state index in [0.29, 0.717) is 53.7 Å². The zero-order chi connectivity index (χ0) is 31.4. The molecule has 0 radical (unpaired) electrons. The van der Waals surface area contributed by atoms with Gasteiger partial charge in [-0.15, -0.1) is 0 Å². The molecule has 5 fully saturated rings. The second kappa shape index (κ2) is 12.5. The molecule has 0 aromatic heterocycles. The third-order valence-electron chi connectivity index (χ3n) is 13.9. The second-order valence-corrected chi connectivity index (χ2v) is 16.4. The fourth-order valence-electron chi connectivity index (χ4n) is 11.3. The van der Waals surface area contributed by atoms with E-state index in [4.69, 9.17) is 10.5 Å². The van der Waals surface area contributed by atoms with E-state index in [1.807, 2.05) is 0 Å². The molecule has 6 rings (SSSR count). The van der Waals surface area contributed by atoms with Gasteiger partial charge in [0.1, 0.15) is 6.23 Å². The number of alkyl halides is 3. The minimum atomic E-state index is -4.30. The lowest BCUT2D eigenvalue weighted by Gasteiger charge is -2.61. The van der Waals surface area contributed by atoms with Crippen molar-refractivity contribution in [3.05, 3.63) is 35.4 Å². The van der Waals surface area contributed by atoms with Crippen LogP contribution in [0.2, 0.25) is 0 Å². The number of nitrogens with one attached hydrogen (secondary N) is 2. The Labute approximate surface area is 264 Å². The summed E-state index contributed by atoms with van der Waals surface area (Å²) in [5.74, 6) is 5.17. The first-order chi connectivity index (χ1) is 20.8. The van der Waals surface area contributed by atoms with Crippen LogP contribution in [-0.4, -0.2) is 37.5 Å². The Morgan fingerprint density at radius 1 is 0.955 bits per heavy atom. The Kier molecular flexibility index (Phi) is 9.29. The maximum absolute atomic E-state index is 12.9. The van der Waals surface area contributed by atoms with Crippen molar-refractivity contribution < 1.29 is 17.9 Å². The summed E-state index contributed by atoms with van der Waals surface area (Å²) in [5, 5.41) is 7.56. The number of ether oxygens (including phenoxy) is 1. The molecule has 5 aliphatic rings. The van der Waals surface area contributed by atoms with Gasteiger partial charge in [0.25, 0.3) is 0 Å². The van der Waals surface area contributed by atoms with Crippen molar-refractivity contribution >= 4 is 0 Å². The third-order valence-corrected chi connectivity index (χ3v) is 13.9. The van der Waals surface area contributed by atoms with Crippen LogP contribution in [0.5, 0.6) is 0 Å². The average molecular weight is 618 g/mol. The number of rotatable bonds is 9. The summed E-state index contributed by atoms with van der Waals surface area (Å²) in [4.78, 5) is 0. The SMILES string of the molecule is CC[C@H](C)CN[C@H]1O[C@H]2CC3[C@@H]4CCC5C[C@@H](NC[C@@H](N)Cc6ccc(C(F)(F)F)cc6)CC[C@]5(C)C4CC[C@]3(C)C2C1C. The molecule has 1 aromatic carbocycles. The van der Waals surface area contributed by atoms with Gasteiger partial charge in [0, 0.05) is 31.1 Å². The van der Waals surface area contributed by atoms with Crippen LogP contribution >= 0.6 is 0 Å². The third kappa shape index (κ3) is 6.02. The van der Waals surface area contributed by atoms with Crippen molar-refractivity contribution in [3.63, 3.8) is 0 Å². The van der Waals surface area contributed by atoms with E-state index in [0.717, 1.165) is 47.9 Å². The van der Waals surface area contributed by atoms with Gasteiger partial charge in [-0.2, -0.15) is 13.2 Å². The Morgan fingerprint density at radius 2 is 1.68 bits per heavy atom. The molecule has 4 nitrogen and oxygen atoms in total. The molecule has 1 aliphatic heterocycles. The van der Waals surface area contributed by atoms with Crippen molar-refractivity contribution in [1.82, 2.24) is 10.6 Å². The van der Waals surface area contributed by atoms with Crippen LogP contribution in [0.15, 0.2) is 24.3 Å². The van der Waals surface area contributed by atoms with Crippen molar-refractivity contribution in [2.24, 2.45) is 58.0 Å². The van der Waals surface area contributed by atoms with E-state index in [9.17, 15) is 13.2 Å². The molecule has 4 aliphatic carbocycles. The number of hydrogen-bond acceptors (Lipinski definition) is 4. The van der Waals surface area contributed by atoms with E-state index in [-0.39, 0.29) is 12.3 Å². The van der Waals surface area contributed by atoms with Crippen LogP contribution in [-0.2, 0) is 17.3 Å². The molecule has 0 amide bonds. The van der Waals surface area contributed by atoms with Crippen molar-refractivity contribution in [2.75, 3.05) is 13.1 Å². The molecule has 44 heavy (non-hydrogen) atoms. The normalized spacial score (nSPS) is 43.1. The Morgan fingerprint density at radius 3 is 2.39 bits per heavy atom. The fourth-order valence-corrected chi connectivity index (χ4v) is 11.3. The van der Waals surface area contributed by atoms with E-state index >= 15 is 0 Å². The predicted octanol–water partition coefficient (Wildman–Crippen LogP) is 7.80. The smallest absolute Gasteiger partial charge is 0.360 e. The first kappa shape index (κ1) is 32.8.